The van der Waals surface area contributed by atoms with E-state index in [1.807, 2.05) is 36.4 Å². The lowest BCUT2D eigenvalue weighted by Crippen LogP contribution is -2.42. The molecule has 4 aromatic rings. The minimum absolute atomic E-state index is 0.00497. The van der Waals surface area contributed by atoms with Crippen LogP contribution >= 0.6 is 0 Å². The van der Waals surface area contributed by atoms with Gasteiger partial charge in [0.1, 0.15) is 0 Å². The zero-order chi connectivity index (χ0) is 34.2. The van der Waals surface area contributed by atoms with Gasteiger partial charge in [0.2, 0.25) is 10.0 Å². The second-order valence-corrected chi connectivity index (χ2v) is 17.2. The smallest absolute Gasteiger partial charge is 0.240 e. The van der Waals surface area contributed by atoms with Crippen LogP contribution in [0, 0.1) is 10.8 Å². The molecule has 5 atom stereocenters. The number of fused-ring (bicyclic) bond motifs is 2. The number of aliphatic hydroxyl groups excluding tert-OH is 1. The van der Waals surface area contributed by atoms with Gasteiger partial charge in [-0.2, -0.15) is 0 Å². The van der Waals surface area contributed by atoms with E-state index in [0.29, 0.717) is 16.9 Å². The van der Waals surface area contributed by atoms with Crippen molar-refractivity contribution in [2.45, 2.75) is 89.0 Å². The second kappa shape index (κ2) is 13.7. The van der Waals surface area contributed by atoms with Crippen molar-refractivity contribution >= 4 is 10.0 Å². The Kier molecular flexibility index (Phi) is 9.56. The Hall–Kier alpha value is -3.37. The number of likely N-dealkylation sites (tertiary alicyclic amines) is 1. The van der Waals surface area contributed by atoms with Crippen LogP contribution in [-0.4, -0.2) is 43.7 Å². The molecule has 4 aromatic carbocycles. The molecular weight excluding hydrogens is 633 g/mol. The Labute approximate surface area is 291 Å². The van der Waals surface area contributed by atoms with Crippen molar-refractivity contribution < 1.29 is 23.0 Å². The minimum atomic E-state index is -3.64. The minimum Gasteiger partial charge on any atom is -0.392 e. The first kappa shape index (κ1) is 34.1. The molecule has 1 saturated carbocycles. The Morgan fingerprint density at radius 3 is 2.27 bits per heavy atom. The summed E-state index contributed by atoms with van der Waals surface area (Å²) >= 11 is 0. The predicted octanol–water partition coefficient (Wildman–Crippen LogP) is 7.77. The van der Waals surface area contributed by atoms with Crippen LogP contribution in [-0.2, 0) is 32.6 Å². The average molecular weight is 681 g/mol. The molecule has 2 N–H and O–H groups in total. The number of nitrogens with one attached hydrogen (secondary N) is 1. The first-order valence-electron chi connectivity index (χ1n) is 17.5. The van der Waals surface area contributed by atoms with Crippen molar-refractivity contribution in [2.75, 3.05) is 13.1 Å². The molecule has 2 aliphatic heterocycles. The van der Waals surface area contributed by atoms with Gasteiger partial charge in [-0.1, -0.05) is 112 Å². The van der Waals surface area contributed by atoms with Gasteiger partial charge < -0.3 is 14.6 Å². The number of sulfonamides is 1. The van der Waals surface area contributed by atoms with Crippen molar-refractivity contribution in [2.24, 2.45) is 10.8 Å². The molecule has 49 heavy (non-hydrogen) atoms. The van der Waals surface area contributed by atoms with Crippen LogP contribution in [0.5, 0.6) is 0 Å². The van der Waals surface area contributed by atoms with Gasteiger partial charge in [0, 0.05) is 37.7 Å². The van der Waals surface area contributed by atoms with Gasteiger partial charge in [0.05, 0.1) is 23.7 Å². The summed E-state index contributed by atoms with van der Waals surface area (Å²) < 4.78 is 42.0. The first-order valence-corrected chi connectivity index (χ1v) is 19.0. The molecule has 3 fully saturated rings. The average Bonchev–Trinajstić information content (AvgIpc) is 3.34. The second-order valence-electron chi connectivity index (χ2n) is 15.4. The van der Waals surface area contributed by atoms with Crippen LogP contribution in [0.15, 0.2) is 108 Å². The summed E-state index contributed by atoms with van der Waals surface area (Å²) in [6.45, 7) is 9.47. The molecule has 3 aliphatic rings. The van der Waals surface area contributed by atoms with Gasteiger partial charge in [-0.05, 0) is 70.0 Å². The number of benzene rings is 4. The van der Waals surface area contributed by atoms with Crippen LogP contribution in [0.2, 0.25) is 0 Å². The Morgan fingerprint density at radius 2 is 1.53 bits per heavy atom. The van der Waals surface area contributed by atoms with E-state index in [1.165, 1.54) is 19.3 Å². The monoisotopic (exact) mass is 680 g/mol. The Bertz CT molecular complexity index is 1850. The molecule has 1 aliphatic carbocycles. The summed E-state index contributed by atoms with van der Waals surface area (Å²) in [6, 6.07) is 33.2. The molecule has 7 nitrogen and oxygen atoms in total. The van der Waals surface area contributed by atoms with Gasteiger partial charge >= 0.3 is 0 Å². The molecule has 0 amide bonds. The summed E-state index contributed by atoms with van der Waals surface area (Å²) in [4.78, 5) is 2.93. The standard InChI is InChI=1S/C41H48N2O5S/c1-40(2)22-34-23-41(3,27-40)28-43(34)25-35-21-38(31-15-13-29(26-44)14-16-31)48-39(47-35)32-19-17-30(18-20-32)37-12-8-7-9-33(37)24-42-49(45,46)36-10-5-4-6-11-36/h4-20,34-35,38-39,42,44H,21-28H2,1-3H3. The molecule has 0 spiro atoms. The number of nitrogens with zero attached hydrogens (tertiary/aromatic N) is 1. The molecular formula is C41H48N2O5S. The maximum Gasteiger partial charge on any atom is 0.240 e. The van der Waals surface area contributed by atoms with E-state index in [1.54, 1.807) is 30.3 Å². The quantitative estimate of drug-likeness (QED) is 0.178. The van der Waals surface area contributed by atoms with E-state index in [2.05, 4.69) is 66.8 Å². The summed E-state index contributed by atoms with van der Waals surface area (Å²) in [6.07, 6.45) is 3.84. The first-order chi connectivity index (χ1) is 23.5. The zero-order valence-corrected chi connectivity index (χ0v) is 29.5. The number of hydrogen-bond donors (Lipinski definition) is 2. The van der Waals surface area contributed by atoms with Gasteiger partial charge in [0.15, 0.2) is 6.29 Å². The van der Waals surface area contributed by atoms with Crippen LogP contribution in [0.3, 0.4) is 0 Å². The van der Waals surface area contributed by atoms with Crippen molar-refractivity contribution in [1.29, 1.82) is 0 Å². The van der Waals surface area contributed by atoms with Gasteiger partial charge in [-0.15, -0.1) is 0 Å². The molecule has 7 rings (SSSR count). The van der Waals surface area contributed by atoms with E-state index in [-0.39, 0.29) is 30.3 Å². The third kappa shape index (κ3) is 7.70. The highest BCUT2D eigenvalue weighted by Gasteiger charge is 2.50. The third-order valence-corrected chi connectivity index (χ3v) is 12.0. The highest BCUT2D eigenvalue weighted by atomic mass is 32.2. The Balaban J connectivity index is 1.10. The fourth-order valence-electron chi connectivity index (χ4n) is 8.72. The van der Waals surface area contributed by atoms with E-state index < -0.39 is 16.3 Å². The fraction of sp³-hybridized carbons (Fsp3) is 0.415. The number of aliphatic hydroxyl groups is 1. The lowest BCUT2D eigenvalue weighted by atomic mass is 9.65. The van der Waals surface area contributed by atoms with E-state index >= 15 is 0 Å². The van der Waals surface area contributed by atoms with Crippen LogP contribution in [0.25, 0.3) is 11.1 Å². The Morgan fingerprint density at radius 1 is 0.837 bits per heavy atom. The zero-order valence-electron chi connectivity index (χ0n) is 28.7. The molecule has 2 saturated heterocycles. The van der Waals surface area contributed by atoms with Crippen molar-refractivity contribution in [3.05, 3.63) is 125 Å². The summed E-state index contributed by atoms with van der Waals surface area (Å²) in [5, 5.41) is 9.61. The molecule has 0 aromatic heterocycles. The molecule has 5 unspecified atom stereocenters. The SMILES string of the molecule is CC1(C)CC2CC(C)(CN2CC2CC(c3ccc(CO)cc3)OC(c3ccc(-c4ccccc4CNS(=O)(=O)c4ccccc4)cc3)O2)C1. The van der Waals surface area contributed by atoms with Crippen molar-refractivity contribution in [3.63, 3.8) is 0 Å². The van der Waals surface area contributed by atoms with E-state index in [4.69, 9.17) is 9.47 Å². The van der Waals surface area contributed by atoms with Crippen molar-refractivity contribution in [3.8, 4) is 11.1 Å². The highest BCUT2D eigenvalue weighted by Crippen LogP contribution is 2.53. The van der Waals surface area contributed by atoms with Crippen LogP contribution in [0.4, 0.5) is 0 Å². The topological polar surface area (TPSA) is 88.1 Å². The number of hydrogen-bond acceptors (Lipinski definition) is 6. The van der Waals surface area contributed by atoms with Gasteiger partial charge in [0.25, 0.3) is 0 Å². The lowest BCUT2D eigenvalue weighted by Gasteiger charge is -2.41. The third-order valence-electron chi connectivity index (χ3n) is 10.6. The molecule has 258 valence electrons. The summed E-state index contributed by atoms with van der Waals surface area (Å²) in [7, 11) is -3.64. The van der Waals surface area contributed by atoms with Gasteiger partial charge in [-0.25, -0.2) is 13.1 Å². The van der Waals surface area contributed by atoms with Crippen LogP contribution < -0.4 is 4.72 Å². The van der Waals surface area contributed by atoms with Crippen LogP contribution in [0.1, 0.15) is 81.1 Å². The largest absolute Gasteiger partial charge is 0.392 e. The maximum atomic E-state index is 12.9. The summed E-state index contributed by atoms with van der Waals surface area (Å²) in [5.41, 5.74) is 6.47. The molecule has 2 bridgehead atoms. The number of ether oxygens (including phenoxy) is 2. The van der Waals surface area contributed by atoms with Crippen molar-refractivity contribution in [1.82, 2.24) is 9.62 Å². The molecule has 2 heterocycles. The summed E-state index contributed by atoms with van der Waals surface area (Å²) in [5.74, 6) is 0. The lowest BCUT2D eigenvalue weighted by molar-refractivity contribution is -0.253. The van der Waals surface area contributed by atoms with Gasteiger partial charge in [-0.3, -0.25) is 4.90 Å². The van der Waals surface area contributed by atoms with E-state index in [9.17, 15) is 13.5 Å². The molecule has 8 heteroatoms. The number of rotatable bonds is 10. The normalized spacial score (nSPS) is 26.9. The molecule has 0 radical (unpaired) electrons. The fourth-order valence-corrected chi connectivity index (χ4v) is 9.74. The van der Waals surface area contributed by atoms with E-state index in [0.717, 1.165) is 52.9 Å². The highest BCUT2D eigenvalue weighted by molar-refractivity contribution is 7.89. The maximum absolute atomic E-state index is 12.9. The predicted molar refractivity (Wildman–Crippen MR) is 192 cm³/mol.